The van der Waals surface area contributed by atoms with Crippen molar-refractivity contribution in [1.82, 2.24) is 15.2 Å². The zero-order chi connectivity index (χ0) is 23.1. The van der Waals surface area contributed by atoms with Gasteiger partial charge >= 0.3 is 0 Å². The van der Waals surface area contributed by atoms with E-state index in [4.69, 9.17) is 4.98 Å². The van der Waals surface area contributed by atoms with Gasteiger partial charge in [-0.1, -0.05) is 60.7 Å². The lowest BCUT2D eigenvalue weighted by Gasteiger charge is -2.44. The fourth-order valence-electron chi connectivity index (χ4n) is 6.60. The van der Waals surface area contributed by atoms with Gasteiger partial charge in [0.15, 0.2) is 3.92 Å². The molecular formula is C28H30BrN3OS. The van der Waals surface area contributed by atoms with Crippen molar-refractivity contribution in [3.8, 4) is 0 Å². The summed E-state index contributed by atoms with van der Waals surface area (Å²) in [4.78, 5) is 22.7. The third-order valence-electron chi connectivity index (χ3n) is 8.25. The molecule has 1 aliphatic carbocycles. The van der Waals surface area contributed by atoms with Crippen molar-refractivity contribution in [2.75, 3.05) is 19.6 Å². The number of rotatable bonds is 3. The fourth-order valence-corrected chi connectivity index (χ4v) is 8.41. The normalized spacial score (nSPS) is 28.7. The summed E-state index contributed by atoms with van der Waals surface area (Å²) >= 11 is 5.36. The van der Waals surface area contributed by atoms with Crippen LogP contribution in [0.5, 0.6) is 0 Å². The highest BCUT2D eigenvalue weighted by atomic mass is 79.9. The van der Waals surface area contributed by atoms with E-state index in [9.17, 15) is 4.79 Å². The van der Waals surface area contributed by atoms with Crippen molar-refractivity contribution in [3.05, 3.63) is 86.3 Å². The number of nitrogens with zero attached hydrogens (tertiary/aromatic N) is 2. The molecule has 2 aliphatic heterocycles. The molecule has 4 atom stereocenters. The zero-order valence-corrected chi connectivity index (χ0v) is 21.7. The Morgan fingerprint density at radius 3 is 2.59 bits per heavy atom. The molecule has 0 saturated carbocycles. The minimum absolute atomic E-state index is 0.0293. The van der Waals surface area contributed by atoms with E-state index >= 15 is 0 Å². The van der Waals surface area contributed by atoms with Crippen LogP contribution >= 0.6 is 27.3 Å². The minimum atomic E-state index is -0.119. The van der Waals surface area contributed by atoms with Crippen molar-refractivity contribution < 1.29 is 4.79 Å². The second kappa shape index (κ2) is 9.21. The summed E-state index contributed by atoms with van der Waals surface area (Å²) in [6, 6.07) is 21.6. The number of aryl methyl sites for hydroxylation is 1. The Labute approximate surface area is 213 Å². The number of likely N-dealkylation sites (tertiary alicyclic amines) is 1. The van der Waals surface area contributed by atoms with Crippen LogP contribution in [-0.2, 0) is 16.6 Å². The quantitative estimate of drug-likeness (QED) is 0.457. The van der Waals surface area contributed by atoms with Crippen molar-refractivity contribution in [1.29, 1.82) is 0 Å². The van der Waals surface area contributed by atoms with Crippen LogP contribution < -0.4 is 5.32 Å². The number of hydrogen-bond donors (Lipinski definition) is 1. The maximum atomic E-state index is 14.4. The SMILES string of the molecule is O=C([C@@H]1CNC[C@]12CCCc1nc(Br)sc12)N1CC[C@@H](c2ccccc2)C[C@H]1c1ccccc1. The highest BCUT2D eigenvalue weighted by molar-refractivity contribution is 9.11. The molecule has 3 heterocycles. The van der Waals surface area contributed by atoms with Gasteiger partial charge < -0.3 is 10.2 Å². The summed E-state index contributed by atoms with van der Waals surface area (Å²) in [7, 11) is 0. The van der Waals surface area contributed by atoms with Gasteiger partial charge in [0.2, 0.25) is 5.91 Å². The Hall–Kier alpha value is -2.02. The van der Waals surface area contributed by atoms with Crippen LogP contribution in [0.2, 0.25) is 0 Å². The van der Waals surface area contributed by atoms with E-state index in [-0.39, 0.29) is 17.4 Å². The fraction of sp³-hybridized carbons (Fsp3) is 0.429. The second-order valence-electron chi connectivity index (χ2n) is 10.0. The van der Waals surface area contributed by atoms with Gasteiger partial charge in [-0.2, -0.15) is 0 Å². The van der Waals surface area contributed by atoms with E-state index in [1.807, 2.05) is 0 Å². The van der Waals surface area contributed by atoms with Gasteiger partial charge in [-0.25, -0.2) is 4.98 Å². The number of fused-ring (bicyclic) bond motifs is 2. The lowest BCUT2D eigenvalue weighted by Crippen LogP contribution is -2.50. The average Bonchev–Trinajstić information content (AvgIpc) is 3.48. The first kappa shape index (κ1) is 22.4. The van der Waals surface area contributed by atoms with E-state index in [1.165, 1.54) is 21.7 Å². The molecule has 1 N–H and O–H groups in total. The number of amides is 1. The van der Waals surface area contributed by atoms with Gasteiger partial charge in [-0.15, -0.1) is 11.3 Å². The standard InChI is InChI=1S/C28H30BrN3OS/c29-27-31-23-12-7-14-28(25(23)34-27)18-30-17-22(28)26(33)32-15-13-21(19-8-3-1-4-9-19)16-24(32)20-10-5-2-6-11-20/h1-6,8-11,21-22,24,30H,7,12-18H2/t21-,22+,24+,28-/m1/s1. The van der Waals surface area contributed by atoms with Gasteiger partial charge in [0, 0.05) is 29.9 Å². The highest BCUT2D eigenvalue weighted by Gasteiger charge is 2.53. The predicted molar refractivity (Wildman–Crippen MR) is 140 cm³/mol. The van der Waals surface area contributed by atoms with Crippen molar-refractivity contribution in [2.24, 2.45) is 5.92 Å². The molecule has 1 spiro atoms. The van der Waals surface area contributed by atoms with Crippen LogP contribution in [0.25, 0.3) is 0 Å². The largest absolute Gasteiger partial charge is 0.335 e. The number of carbonyl (C=O) groups is 1. The van der Waals surface area contributed by atoms with Crippen molar-refractivity contribution >= 4 is 33.2 Å². The molecule has 2 aromatic carbocycles. The number of aromatic nitrogens is 1. The highest BCUT2D eigenvalue weighted by Crippen LogP contribution is 2.50. The molecule has 6 rings (SSSR count). The Kier molecular flexibility index (Phi) is 6.08. The number of halogens is 1. The molecule has 3 aromatic rings. The lowest BCUT2D eigenvalue weighted by atomic mass is 9.68. The first-order valence-electron chi connectivity index (χ1n) is 12.4. The predicted octanol–water partition coefficient (Wildman–Crippen LogP) is 5.85. The Balaban J connectivity index is 1.33. The molecule has 1 aromatic heterocycles. The molecule has 3 aliphatic rings. The van der Waals surface area contributed by atoms with Gasteiger partial charge in [0.1, 0.15) is 0 Å². The summed E-state index contributed by atoms with van der Waals surface area (Å²) in [5.74, 6) is 0.769. The van der Waals surface area contributed by atoms with Gasteiger partial charge in [-0.3, -0.25) is 4.79 Å². The molecule has 34 heavy (non-hydrogen) atoms. The van der Waals surface area contributed by atoms with E-state index in [0.717, 1.165) is 55.7 Å². The molecular weight excluding hydrogens is 506 g/mol. The molecule has 0 radical (unpaired) electrons. The second-order valence-corrected chi connectivity index (χ2v) is 12.3. The molecule has 2 saturated heterocycles. The monoisotopic (exact) mass is 535 g/mol. The van der Waals surface area contributed by atoms with Crippen LogP contribution in [0.1, 0.15) is 59.3 Å². The minimum Gasteiger partial charge on any atom is -0.335 e. The third-order valence-corrected chi connectivity index (χ3v) is 10.0. The van der Waals surface area contributed by atoms with Crippen LogP contribution in [0.4, 0.5) is 0 Å². The van der Waals surface area contributed by atoms with Crippen LogP contribution in [0.3, 0.4) is 0 Å². The van der Waals surface area contributed by atoms with Crippen molar-refractivity contribution in [2.45, 2.75) is 49.5 Å². The smallest absolute Gasteiger partial charge is 0.228 e. The average molecular weight is 537 g/mol. The number of thiazole rings is 1. The summed E-state index contributed by atoms with van der Waals surface area (Å²) in [6.45, 7) is 2.44. The van der Waals surface area contributed by atoms with E-state index in [2.05, 4.69) is 86.8 Å². The first-order valence-corrected chi connectivity index (χ1v) is 14.0. The third kappa shape index (κ3) is 3.84. The van der Waals surface area contributed by atoms with Crippen LogP contribution in [-0.4, -0.2) is 35.4 Å². The summed E-state index contributed by atoms with van der Waals surface area (Å²) in [5, 5.41) is 3.61. The van der Waals surface area contributed by atoms with Crippen molar-refractivity contribution in [3.63, 3.8) is 0 Å². The topological polar surface area (TPSA) is 45.2 Å². The molecule has 1 amide bonds. The Bertz CT molecular complexity index is 1170. The molecule has 6 heteroatoms. The molecule has 0 unspecified atom stereocenters. The van der Waals surface area contributed by atoms with Gasteiger partial charge in [0.25, 0.3) is 0 Å². The Morgan fingerprint density at radius 1 is 1.09 bits per heavy atom. The lowest BCUT2D eigenvalue weighted by molar-refractivity contribution is -0.141. The van der Waals surface area contributed by atoms with E-state index in [0.29, 0.717) is 11.8 Å². The molecule has 2 fully saturated rings. The zero-order valence-electron chi connectivity index (χ0n) is 19.3. The Morgan fingerprint density at radius 2 is 1.82 bits per heavy atom. The van der Waals surface area contributed by atoms with E-state index < -0.39 is 0 Å². The number of nitrogens with one attached hydrogen (secondary N) is 1. The first-order chi connectivity index (χ1) is 16.7. The summed E-state index contributed by atoms with van der Waals surface area (Å²) in [6.07, 6.45) is 5.18. The molecule has 0 bridgehead atoms. The molecule has 176 valence electrons. The summed E-state index contributed by atoms with van der Waals surface area (Å²) < 4.78 is 0.947. The number of hydrogen-bond acceptors (Lipinski definition) is 4. The van der Waals surface area contributed by atoms with E-state index in [1.54, 1.807) is 11.3 Å². The van der Waals surface area contributed by atoms with Crippen LogP contribution in [0, 0.1) is 5.92 Å². The maximum absolute atomic E-state index is 14.4. The number of carbonyl (C=O) groups excluding carboxylic acids is 1. The van der Waals surface area contributed by atoms with Crippen LogP contribution in [0.15, 0.2) is 64.6 Å². The maximum Gasteiger partial charge on any atom is 0.228 e. The van der Waals surface area contributed by atoms with Gasteiger partial charge in [-0.05, 0) is 65.1 Å². The summed E-state index contributed by atoms with van der Waals surface area (Å²) in [5.41, 5.74) is 3.72. The number of benzene rings is 2. The molecule has 4 nitrogen and oxygen atoms in total. The van der Waals surface area contributed by atoms with Gasteiger partial charge in [0.05, 0.1) is 17.7 Å². The number of piperidine rings is 1.